The van der Waals surface area contributed by atoms with Crippen LogP contribution in [0.3, 0.4) is 0 Å². The summed E-state index contributed by atoms with van der Waals surface area (Å²) in [7, 11) is 1.13. The first-order valence-electron chi connectivity index (χ1n) is 10.4. The number of nitrogens with one attached hydrogen (secondary N) is 1. The fraction of sp³-hybridized carbons (Fsp3) is 0.261. The molecule has 11 nitrogen and oxygen atoms in total. The van der Waals surface area contributed by atoms with Crippen LogP contribution in [0, 0.1) is 10.1 Å². The van der Waals surface area contributed by atoms with Crippen molar-refractivity contribution in [3.63, 3.8) is 0 Å². The lowest BCUT2D eigenvalue weighted by molar-refractivity contribution is -0.385. The smallest absolute Gasteiger partial charge is 0.407 e. The highest BCUT2D eigenvalue weighted by Crippen LogP contribution is 2.21. The minimum absolute atomic E-state index is 0.0775. The van der Waals surface area contributed by atoms with Crippen LogP contribution in [0.15, 0.2) is 54.6 Å². The standard InChI is InChI=1S/C23H26N4O7/c1-33-22(29)19-16-17(9-10-20(19)27(31)32)6-5-15-34-23(30)25-12-14-26(13-11-24)21(28)18-7-3-2-4-8-18/h2-10,16H,11-15,24H2,1H3,(H,25,30)/b6-5+. The second kappa shape index (κ2) is 13.3. The number of methoxy groups -OCH3 is 1. The lowest BCUT2D eigenvalue weighted by Crippen LogP contribution is -2.41. The Morgan fingerprint density at radius 2 is 1.88 bits per heavy atom. The molecule has 0 aliphatic rings. The average molecular weight is 470 g/mol. The van der Waals surface area contributed by atoms with Crippen molar-refractivity contribution in [1.29, 1.82) is 0 Å². The predicted octanol–water partition coefficient (Wildman–Crippen LogP) is 2.22. The molecule has 0 atom stereocenters. The van der Waals surface area contributed by atoms with Crippen molar-refractivity contribution in [2.45, 2.75) is 0 Å². The van der Waals surface area contributed by atoms with Gasteiger partial charge in [0.05, 0.1) is 12.0 Å². The molecule has 0 aromatic heterocycles. The minimum atomic E-state index is -0.827. The maximum Gasteiger partial charge on any atom is 0.407 e. The quantitative estimate of drug-likeness (QED) is 0.288. The Morgan fingerprint density at radius 3 is 2.53 bits per heavy atom. The van der Waals surface area contributed by atoms with Crippen molar-refractivity contribution in [2.75, 3.05) is 39.9 Å². The Labute approximate surface area is 196 Å². The zero-order chi connectivity index (χ0) is 24.9. The molecule has 11 heteroatoms. The maximum absolute atomic E-state index is 12.6. The first-order chi connectivity index (χ1) is 16.4. The summed E-state index contributed by atoms with van der Waals surface area (Å²) >= 11 is 0. The lowest BCUT2D eigenvalue weighted by atomic mass is 10.1. The van der Waals surface area contributed by atoms with Crippen molar-refractivity contribution in [2.24, 2.45) is 5.73 Å². The molecular formula is C23H26N4O7. The number of carbonyl (C=O) groups is 3. The highest BCUT2D eigenvalue weighted by atomic mass is 16.6. The zero-order valence-electron chi connectivity index (χ0n) is 18.6. The number of nitro benzene ring substituents is 1. The number of nitrogens with two attached hydrogens (primary N) is 1. The highest BCUT2D eigenvalue weighted by Gasteiger charge is 2.20. The van der Waals surface area contributed by atoms with Gasteiger partial charge in [-0.1, -0.05) is 24.3 Å². The first-order valence-corrected chi connectivity index (χ1v) is 10.4. The summed E-state index contributed by atoms with van der Waals surface area (Å²) in [5.74, 6) is -1.01. The summed E-state index contributed by atoms with van der Waals surface area (Å²) in [6, 6.07) is 12.7. The Balaban J connectivity index is 1.83. The fourth-order valence-corrected chi connectivity index (χ4v) is 2.98. The fourth-order valence-electron chi connectivity index (χ4n) is 2.98. The van der Waals surface area contributed by atoms with Crippen LogP contribution in [-0.2, 0) is 9.47 Å². The van der Waals surface area contributed by atoms with Crippen LogP contribution in [0.5, 0.6) is 0 Å². The summed E-state index contributed by atoms with van der Waals surface area (Å²) in [6.45, 7) is 0.983. The van der Waals surface area contributed by atoms with E-state index in [2.05, 4.69) is 10.1 Å². The average Bonchev–Trinajstić information content (AvgIpc) is 2.85. The second-order valence-corrected chi connectivity index (χ2v) is 6.90. The van der Waals surface area contributed by atoms with Gasteiger partial charge in [-0.25, -0.2) is 9.59 Å². The third kappa shape index (κ3) is 7.71. The van der Waals surface area contributed by atoms with Gasteiger partial charge in [0.25, 0.3) is 11.6 Å². The van der Waals surface area contributed by atoms with Crippen molar-refractivity contribution in [3.05, 3.63) is 81.4 Å². The molecule has 2 aromatic rings. The third-order valence-electron chi connectivity index (χ3n) is 4.60. The third-order valence-corrected chi connectivity index (χ3v) is 4.60. The number of hydrogen-bond donors (Lipinski definition) is 2. The van der Waals surface area contributed by atoms with Gasteiger partial charge in [0.1, 0.15) is 12.2 Å². The van der Waals surface area contributed by atoms with Crippen molar-refractivity contribution >= 4 is 29.7 Å². The normalized spacial score (nSPS) is 10.5. The number of esters is 1. The zero-order valence-corrected chi connectivity index (χ0v) is 18.6. The van der Waals surface area contributed by atoms with E-state index in [4.69, 9.17) is 10.5 Å². The van der Waals surface area contributed by atoms with E-state index in [-0.39, 0.29) is 43.4 Å². The molecule has 0 aliphatic carbocycles. The number of carbonyl (C=O) groups excluding carboxylic acids is 3. The Morgan fingerprint density at radius 1 is 1.15 bits per heavy atom. The molecule has 0 saturated carbocycles. The van der Waals surface area contributed by atoms with Gasteiger partial charge in [0, 0.05) is 37.8 Å². The molecular weight excluding hydrogens is 444 g/mol. The number of ether oxygens (including phenoxy) is 2. The van der Waals surface area contributed by atoms with E-state index in [1.54, 1.807) is 35.2 Å². The van der Waals surface area contributed by atoms with Crippen LogP contribution < -0.4 is 11.1 Å². The van der Waals surface area contributed by atoms with Gasteiger partial charge in [-0.15, -0.1) is 0 Å². The van der Waals surface area contributed by atoms with E-state index in [0.717, 1.165) is 7.11 Å². The molecule has 2 rings (SSSR count). The maximum atomic E-state index is 12.6. The Bertz CT molecular complexity index is 1040. The highest BCUT2D eigenvalue weighted by molar-refractivity contribution is 5.95. The number of benzene rings is 2. The molecule has 0 aliphatic heterocycles. The molecule has 0 radical (unpaired) electrons. The van der Waals surface area contributed by atoms with Crippen molar-refractivity contribution < 1.29 is 28.8 Å². The molecule has 0 unspecified atom stereocenters. The molecule has 0 heterocycles. The largest absolute Gasteiger partial charge is 0.465 e. The van der Waals surface area contributed by atoms with Crippen LogP contribution in [0.25, 0.3) is 6.08 Å². The van der Waals surface area contributed by atoms with Gasteiger partial charge in [-0.3, -0.25) is 14.9 Å². The van der Waals surface area contributed by atoms with Gasteiger partial charge in [-0.05, 0) is 35.9 Å². The number of rotatable bonds is 11. The molecule has 180 valence electrons. The van der Waals surface area contributed by atoms with Gasteiger partial charge in [-0.2, -0.15) is 0 Å². The first kappa shape index (κ1) is 26.0. The number of hydrogen-bond acceptors (Lipinski definition) is 8. The molecule has 0 spiro atoms. The molecule has 0 saturated heterocycles. The van der Waals surface area contributed by atoms with E-state index in [1.165, 1.54) is 24.3 Å². The second-order valence-electron chi connectivity index (χ2n) is 6.90. The van der Waals surface area contributed by atoms with E-state index in [9.17, 15) is 24.5 Å². The minimum Gasteiger partial charge on any atom is -0.465 e. The number of nitro groups is 1. The van der Waals surface area contributed by atoms with Crippen LogP contribution in [-0.4, -0.2) is 67.7 Å². The topological polar surface area (TPSA) is 154 Å². The van der Waals surface area contributed by atoms with Gasteiger partial charge >= 0.3 is 12.1 Å². The van der Waals surface area contributed by atoms with E-state index < -0.39 is 17.0 Å². The molecule has 2 amide bonds. The number of amides is 2. The summed E-state index contributed by atoms with van der Waals surface area (Å²) in [5.41, 5.74) is 6.07. The predicted molar refractivity (Wildman–Crippen MR) is 124 cm³/mol. The van der Waals surface area contributed by atoms with E-state index in [1.807, 2.05) is 6.07 Å². The summed E-state index contributed by atoms with van der Waals surface area (Å²) in [6.07, 6.45) is 2.38. The SMILES string of the molecule is COC(=O)c1cc(/C=C/COC(=O)NCCN(CCN)C(=O)c2ccccc2)ccc1[N+](=O)[O-]. The monoisotopic (exact) mass is 470 g/mol. The summed E-state index contributed by atoms with van der Waals surface area (Å²) < 4.78 is 9.62. The molecule has 3 N–H and O–H groups in total. The van der Waals surface area contributed by atoms with Crippen LogP contribution >= 0.6 is 0 Å². The van der Waals surface area contributed by atoms with Gasteiger partial charge < -0.3 is 25.4 Å². The number of nitrogens with zero attached hydrogens (tertiary/aromatic N) is 2. The van der Waals surface area contributed by atoms with Crippen molar-refractivity contribution in [3.8, 4) is 0 Å². The van der Waals surface area contributed by atoms with Crippen LogP contribution in [0.4, 0.5) is 10.5 Å². The molecule has 34 heavy (non-hydrogen) atoms. The number of alkyl carbamates (subject to hydrolysis) is 1. The lowest BCUT2D eigenvalue weighted by Gasteiger charge is -2.22. The molecule has 2 aromatic carbocycles. The van der Waals surface area contributed by atoms with Gasteiger partial charge in [0.15, 0.2) is 0 Å². The summed E-state index contributed by atoms with van der Waals surface area (Å²) in [5, 5.41) is 13.6. The Kier molecular flexibility index (Phi) is 10.2. The van der Waals surface area contributed by atoms with E-state index >= 15 is 0 Å². The van der Waals surface area contributed by atoms with Crippen molar-refractivity contribution in [1.82, 2.24) is 10.2 Å². The molecule has 0 bridgehead atoms. The Hall–Kier alpha value is -4.25. The summed E-state index contributed by atoms with van der Waals surface area (Å²) in [4.78, 5) is 48.1. The van der Waals surface area contributed by atoms with E-state index in [0.29, 0.717) is 17.7 Å². The molecule has 0 fully saturated rings. The van der Waals surface area contributed by atoms with Gasteiger partial charge in [0.2, 0.25) is 0 Å². The van der Waals surface area contributed by atoms with Crippen LogP contribution in [0.2, 0.25) is 0 Å². The van der Waals surface area contributed by atoms with Crippen LogP contribution in [0.1, 0.15) is 26.3 Å².